The minimum absolute atomic E-state index is 0.793. The van der Waals surface area contributed by atoms with Crippen molar-refractivity contribution in [1.29, 1.82) is 0 Å². The molecule has 0 aromatic rings. The van der Waals surface area contributed by atoms with Gasteiger partial charge in [-0.3, -0.25) is 0 Å². The van der Waals surface area contributed by atoms with E-state index < -0.39 is 9.28 Å². The van der Waals surface area contributed by atoms with Crippen molar-refractivity contribution < 1.29 is 8.85 Å². The molecule has 0 saturated carbocycles. The van der Waals surface area contributed by atoms with Gasteiger partial charge < -0.3 is 14.2 Å². The average molecular weight is 219 g/mol. The van der Waals surface area contributed by atoms with Gasteiger partial charge in [0.15, 0.2) is 0 Å². The van der Waals surface area contributed by atoms with Crippen molar-refractivity contribution in [2.45, 2.75) is 39.7 Å². The van der Waals surface area contributed by atoms with E-state index in [4.69, 9.17) is 8.85 Å². The minimum atomic E-state index is -1.33. The molecule has 0 aliphatic heterocycles. The Labute approximate surface area is 90.0 Å². The van der Waals surface area contributed by atoms with E-state index in [0.29, 0.717) is 0 Å². The maximum atomic E-state index is 5.70. The first-order valence-electron chi connectivity index (χ1n) is 5.79. The summed E-state index contributed by atoms with van der Waals surface area (Å²) >= 11 is 0. The smallest absolute Gasteiger partial charge is 0.321 e. The molecule has 3 nitrogen and oxygen atoms in total. The van der Waals surface area contributed by atoms with Crippen LogP contribution < -0.4 is 5.32 Å². The van der Waals surface area contributed by atoms with Gasteiger partial charge in [0.25, 0.3) is 0 Å². The molecule has 0 aromatic carbocycles. The lowest BCUT2D eigenvalue weighted by Gasteiger charge is -2.15. The molecule has 14 heavy (non-hydrogen) atoms. The number of rotatable bonds is 10. The summed E-state index contributed by atoms with van der Waals surface area (Å²) in [6.45, 7) is 10.1. The van der Waals surface area contributed by atoms with Crippen molar-refractivity contribution in [3.05, 3.63) is 0 Å². The van der Waals surface area contributed by atoms with Crippen LogP contribution in [0, 0.1) is 0 Å². The maximum Gasteiger partial charge on any atom is 0.321 e. The van der Waals surface area contributed by atoms with Crippen molar-refractivity contribution in [2.24, 2.45) is 0 Å². The summed E-state index contributed by atoms with van der Waals surface area (Å²) in [6, 6.07) is 1.13. The van der Waals surface area contributed by atoms with E-state index in [2.05, 4.69) is 19.2 Å². The highest BCUT2D eigenvalue weighted by molar-refractivity contribution is 6.44. The van der Waals surface area contributed by atoms with Crippen LogP contribution >= 0.6 is 0 Å². The lowest BCUT2D eigenvalue weighted by Crippen LogP contribution is -2.25. The zero-order chi connectivity index (χ0) is 10.6. The summed E-state index contributed by atoms with van der Waals surface area (Å²) in [5.74, 6) is 0. The summed E-state index contributed by atoms with van der Waals surface area (Å²) < 4.78 is 11.3. The van der Waals surface area contributed by atoms with Gasteiger partial charge in [-0.1, -0.05) is 13.8 Å². The molecule has 1 N–H and O–H groups in total. The molecule has 1 unspecified atom stereocenters. The van der Waals surface area contributed by atoms with E-state index >= 15 is 0 Å². The van der Waals surface area contributed by atoms with Crippen LogP contribution in [0.2, 0.25) is 6.04 Å². The fourth-order valence-electron chi connectivity index (χ4n) is 1.22. The number of hydrogen-bond acceptors (Lipinski definition) is 3. The highest BCUT2D eigenvalue weighted by atomic mass is 28.3. The fourth-order valence-corrected chi connectivity index (χ4v) is 3.06. The molecule has 1 atom stereocenters. The Balaban J connectivity index is 3.40. The number of hydrogen-bond donors (Lipinski definition) is 1. The van der Waals surface area contributed by atoms with E-state index in [0.717, 1.165) is 38.8 Å². The van der Waals surface area contributed by atoms with E-state index in [1.165, 1.54) is 6.42 Å². The van der Waals surface area contributed by atoms with Crippen LogP contribution in [-0.4, -0.2) is 35.6 Å². The van der Waals surface area contributed by atoms with Crippen molar-refractivity contribution in [2.75, 3.05) is 26.3 Å². The third-order valence-corrected chi connectivity index (χ3v) is 4.10. The van der Waals surface area contributed by atoms with Gasteiger partial charge >= 0.3 is 9.28 Å². The Morgan fingerprint density at radius 1 is 1.14 bits per heavy atom. The van der Waals surface area contributed by atoms with Gasteiger partial charge in [-0.25, -0.2) is 0 Å². The largest absolute Gasteiger partial charge is 0.397 e. The zero-order valence-electron chi connectivity index (χ0n) is 9.84. The van der Waals surface area contributed by atoms with Crippen LogP contribution in [0.15, 0.2) is 0 Å². The predicted octanol–water partition coefficient (Wildman–Crippen LogP) is 1.67. The molecule has 0 aliphatic carbocycles. The second-order valence-electron chi connectivity index (χ2n) is 3.25. The third-order valence-electron chi connectivity index (χ3n) is 1.90. The topological polar surface area (TPSA) is 30.5 Å². The Hall–Kier alpha value is 0.0969. The van der Waals surface area contributed by atoms with Gasteiger partial charge in [0, 0.05) is 13.2 Å². The fraction of sp³-hybridized carbons (Fsp3) is 1.00. The Kier molecular flexibility index (Phi) is 11.3. The maximum absolute atomic E-state index is 5.70. The van der Waals surface area contributed by atoms with Gasteiger partial charge in [0.1, 0.15) is 0 Å². The van der Waals surface area contributed by atoms with Crippen LogP contribution in [0.1, 0.15) is 33.6 Å². The first-order chi connectivity index (χ1) is 6.85. The molecule has 0 heterocycles. The molecule has 0 rings (SSSR count). The predicted molar refractivity (Wildman–Crippen MR) is 63.0 cm³/mol. The summed E-state index contributed by atoms with van der Waals surface area (Å²) in [7, 11) is -1.33. The molecule has 0 aliphatic rings. The normalized spacial score (nSPS) is 13.1. The summed E-state index contributed by atoms with van der Waals surface area (Å²) in [5.41, 5.74) is 0. The lowest BCUT2D eigenvalue weighted by molar-refractivity contribution is 0.204. The molecule has 86 valence electrons. The average Bonchev–Trinajstić information content (AvgIpc) is 2.20. The zero-order valence-corrected chi connectivity index (χ0v) is 11.0. The summed E-state index contributed by atoms with van der Waals surface area (Å²) in [4.78, 5) is 0. The Morgan fingerprint density at radius 3 is 2.50 bits per heavy atom. The Morgan fingerprint density at radius 2 is 1.93 bits per heavy atom. The summed E-state index contributed by atoms with van der Waals surface area (Å²) in [6.07, 6.45) is 2.26. The van der Waals surface area contributed by atoms with Gasteiger partial charge in [-0.05, 0) is 38.9 Å². The Bertz CT molecular complexity index is 114. The van der Waals surface area contributed by atoms with Crippen LogP contribution in [0.4, 0.5) is 0 Å². The quantitative estimate of drug-likeness (QED) is 0.448. The lowest BCUT2D eigenvalue weighted by atomic mass is 10.5. The third kappa shape index (κ3) is 8.68. The molecule has 0 bridgehead atoms. The SMILES string of the molecule is CCCO[SiH](CCCNCC)OCC. The molecular weight excluding hydrogens is 194 g/mol. The van der Waals surface area contributed by atoms with E-state index in [1.807, 2.05) is 6.92 Å². The van der Waals surface area contributed by atoms with E-state index in [-0.39, 0.29) is 0 Å². The molecule has 0 amide bonds. The first kappa shape index (κ1) is 14.1. The molecule has 0 spiro atoms. The van der Waals surface area contributed by atoms with Crippen molar-refractivity contribution >= 4 is 9.28 Å². The van der Waals surface area contributed by atoms with Crippen LogP contribution in [0.5, 0.6) is 0 Å². The van der Waals surface area contributed by atoms with Gasteiger partial charge in [-0.2, -0.15) is 0 Å². The van der Waals surface area contributed by atoms with Gasteiger partial charge in [0.2, 0.25) is 0 Å². The van der Waals surface area contributed by atoms with Crippen LogP contribution in [-0.2, 0) is 8.85 Å². The highest BCUT2D eigenvalue weighted by Gasteiger charge is 2.11. The van der Waals surface area contributed by atoms with E-state index in [9.17, 15) is 0 Å². The van der Waals surface area contributed by atoms with Crippen LogP contribution in [0.25, 0.3) is 0 Å². The summed E-state index contributed by atoms with van der Waals surface area (Å²) in [5, 5.41) is 3.31. The van der Waals surface area contributed by atoms with Gasteiger partial charge in [-0.15, -0.1) is 0 Å². The molecule has 4 heteroatoms. The molecule has 0 radical (unpaired) electrons. The molecule has 0 fully saturated rings. The molecule has 0 aromatic heterocycles. The highest BCUT2D eigenvalue weighted by Crippen LogP contribution is 2.01. The minimum Gasteiger partial charge on any atom is -0.397 e. The molecule has 0 saturated heterocycles. The van der Waals surface area contributed by atoms with E-state index in [1.54, 1.807) is 0 Å². The van der Waals surface area contributed by atoms with Crippen LogP contribution in [0.3, 0.4) is 0 Å². The second-order valence-corrected chi connectivity index (χ2v) is 5.35. The molecular formula is C10H25NO2Si. The monoisotopic (exact) mass is 219 g/mol. The number of nitrogens with one attached hydrogen (secondary N) is 1. The second kappa shape index (κ2) is 11.2. The van der Waals surface area contributed by atoms with Crippen molar-refractivity contribution in [1.82, 2.24) is 5.32 Å². The van der Waals surface area contributed by atoms with Crippen molar-refractivity contribution in [3.8, 4) is 0 Å². The first-order valence-corrected chi connectivity index (χ1v) is 7.54. The van der Waals surface area contributed by atoms with Crippen molar-refractivity contribution in [3.63, 3.8) is 0 Å². The van der Waals surface area contributed by atoms with Gasteiger partial charge in [0.05, 0.1) is 0 Å². The standard InChI is InChI=1S/C10H25NO2Si/c1-4-9-13-14(12-6-3)10-7-8-11-5-2/h11,14H,4-10H2,1-3H3.